The Balaban J connectivity index is 1.59. The van der Waals surface area contributed by atoms with Crippen LogP contribution < -0.4 is 0 Å². The fraction of sp³-hybridized carbons (Fsp3) is 0.929. The second-order valence-corrected chi connectivity index (χ2v) is 11.0. The van der Waals surface area contributed by atoms with Gasteiger partial charge in [0.2, 0.25) is 0 Å². The highest BCUT2D eigenvalue weighted by Crippen LogP contribution is 2.55. The van der Waals surface area contributed by atoms with Crippen molar-refractivity contribution in [1.29, 1.82) is 0 Å². The lowest BCUT2D eigenvalue weighted by Gasteiger charge is -2.52. The molecule has 3 rings (SSSR count). The number of allylic oxidation sites excluding steroid dienone is 1. The maximum absolute atomic E-state index is 6.61. The molecule has 174 valence electrons. The van der Waals surface area contributed by atoms with Gasteiger partial charge < -0.3 is 9.47 Å². The van der Waals surface area contributed by atoms with Crippen LogP contribution in [0.15, 0.2) is 11.6 Å². The van der Waals surface area contributed by atoms with Crippen molar-refractivity contribution in [1.82, 2.24) is 0 Å². The second-order valence-electron chi connectivity index (χ2n) is 11.0. The first-order valence-electron chi connectivity index (χ1n) is 13.5. The van der Waals surface area contributed by atoms with E-state index in [1.54, 1.807) is 5.57 Å². The van der Waals surface area contributed by atoms with Gasteiger partial charge in [-0.1, -0.05) is 103 Å². The lowest BCUT2D eigenvalue weighted by Crippen LogP contribution is -2.48. The first-order valence-corrected chi connectivity index (χ1v) is 13.5. The Kier molecular flexibility index (Phi) is 9.76. The molecular formula is C28H50O2. The molecule has 0 amide bonds. The van der Waals surface area contributed by atoms with E-state index in [4.69, 9.17) is 9.47 Å². The average molecular weight is 419 g/mol. The molecule has 2 heteroatoms. The van der Waals surface area contributed by atoms with Gasteiger partial charge in [0.15, 0.2) is 5.79 Å². The number of hydrogen-bond donors (Lipinski definition) is 0. The van der Waals surface area contributed by atoms with E-state index in [-0.39, 0.29) is 5.79 Å². The van der Waals surface area contributed by atoms with Gasteiger partial charge >= 0.3 is 0 Å². The van der Waals surface area contributed by atoms with Crippen LogP contribution in [0.25, 0.3) is 0 Å². The highest BCUT2D eigenvalue weighted by Gasteiger charge is 2.49. The van der Waals surface area contributed by atoms with Crippen molar-refractivity contribution in [2.24, 2.45) is 17.3 Å². The van der Waals surface area contributed by atoms with Crippen molar-refractivity contribution in [2.45, 2.75) is 136 Å². The fourth-order valence-corrected chi connectivity index (χ4v) is 6.13. The summed E-state index contributed by atoms with van der Waals surface area (Å²) in [6, 6.07) is 0. The normalized spacial score (nSPS) is 35.6. The molecule has 1 aliphatic heterocycles. The lowest BCUT2D eigenvalue weighted by atomic mass is 9.57. The van der Waals surface area contributed by atoms with Crippen LogP contribution in [0.4, 0.5) is 0 Å². The van der Waals surface area contributed by atoms with Gasteiger partial charge in [-0.3, -0.25) is 0 Å². The van der Waals surface area contributed by atoms with E-state index in [2.05, 4.69) is 26.8 Å². The molecular weight excluding hydrogens is 368 g/mol. The molecule has 0 aromatic heterocycles. The quantitative estimate of drug-likeness (QED) is 0.367. The molecule has 1 saturated carbocycles. The summed E-state index contributed by atoms with van der Waals surface area (Å²) in [5, 5.41) is 0. The molecule has 3 aliphatic rings. The maximum Gasteiger partial charge on any atom is 0.171 e. The minimum absolute atomic E-state index is 0.349. The summed E-state index contributed by atoms with van der Waals surface area (Å²) < 4.78 is 13.2. The van der Waals surface area contributed by atoms with Crippen molar-refractivity contribution >= 4 is 0 Å². The third-order valence-electron chi connectivity index (χ3n) is 8.83. The molecule has 0 aromatic rings. The summed E-state index contributed by atoms with van der Waals surface area (Å²) in [5.74, 6) is 1.20. The van der Waals surface area contributed by atoms with E-state index >= 15 is 0 Å². The molecule has 3 atom stereocenters. The maximum atomic E-state index is 6.61. The smallest absolute Gasteiger partial charge is 0.171 e. The first-order chi connectivity index (χ1) is 14.6. The summed E-state index contributed by atoms with van der Waals surface area (Å²) in [6.07, 6.45) is 24.8. The minimum atomic E-state index is -0.350. The van der Waals surface area contributed by atoms with Crippen molar-refractivity contribution in [3.8, 4) is 0 Å². The van der Waals surface area contributed by atoms with E-state index in [9.17, 15) is 0 Å². The SMILES string of the molecule is CC1CC=C2CC3(CCC2(C)C1C)OCCCCCCCCCCCCCCCO3. The third kappa shape index (κ3) is 6.58. The van der Waals surface area contributed by atoms with Crippen molar-refractivity contribution in [3.63, 3.8) is 0 Å². The molecule has 0 aromatic carbocycles. The summed E-state index contributed by atoms with van der Waals surface area (Å²) in [6.45, 7) is 9.15. The number of rotatable bonds is 0. The van der Waals surface area contributed by atoms with Crippen LogP contribution in [-0.2, 0) is 9.47 Å². The van der Waals surface area contributed by atoms with Crippen molar-refractivity contribution in [3.05, 3.63) is 11.6 Å². The van der Waals surface area contributed by atoms with E-state index in [1.165, 1.54) is 96.3 Å². The van der Waals surface area contributed by atoms with Crippen LogP contribution >= 0.6 is 0 Å². The predicted octanol–water partition coefficient (Wildman–Crippen LogP) is 8.59. The summed E-state index contributed by atoms with van der Waals surface area (Å²) in [7, 11) is 0. The van der Waals surface area contributed by atoms with E-state index < -0.39 is 0 Å². The van der Waals surface area contributed by atoms with Gasteiger partial charge in [-0.2, -0.15) is 0 Å². The van der Waals surface area contributed by atoms with E-state index in [1.807, 2.05) is 0 Å². The van der Waals surface area contributed by atoms with Gasteiger partial charge in [-0.25, -0.2) is 0 Å². The topological polar surface area (TPSA) is 18.5 Å². The number of fused-ring (bicyclic) bond motifs is 1. The van der Waals surface area contributed by atoms with Crippen LogP contribution in [0.1, 0.15) is 130 Å². The van der Waals surface area contributed by atoms with Crippen LogP contribution in [-0.4, -0.2) is 19.0 Å². The Labute approximate surface area is 187 Å². The van der Waals surface area contributed by atoms with Gasteiger partial charge in [0, 0.05) is 12.8 Å². The molecule has 3 unspecified atom stereocenters. The van der Waals surface area contributed by atoms with Gasteiger partial charge in [0.1, 0.15) is 0 Å². The molecule has 30 heavy (non-hydrogen) atoms. The highest BCUT2D eigenvalue weighted by molar-refractivity contribution is 5.23. The van der Waals surface area contributed by atoms with Crippen LogP contribution in [0.3, 0.4) is 0 Å². The molecule has 2 aliphatic carbocycles. The molecule has 0 N–H and O–H groups in total. The second kappa shape index (κ2) is 12.0. The summed E-state index contributed by atoms with van der Waals surface area (Å²) in [4.78, 5) is 0. The molecule has 2 nitrogen and oxygen atoms in total. The molecule has 1 spiro atoms. The Morgan fingerprint density at radius 1 is 0.700 bits per heavy atom. The fourth-order valence-electron chi connectivity index (χ4n) is 6.13. The van der Waals surface area contributed by atoms with E-state index in [0.717, 1.165) is 37.9 Å². The monoisotopic (exact) mass is 418 g/mol. The molecule has 1 heterocycles. The van der Waals surface area contributed by atoms with Gasteiger partial charge in [-0.15, -0.1) is 0 Å². The van der Waals surface area contributed by atoms with E-state index in [0.29, 0.717) is 5.41 Å². The minimum Gasteiger partial charge on any atom is -0.350 e. The zero-order chi connectivity index (χ0) is 21.3. The molecule has 0 radical (unpaired) electrons. The van der Waals surface area contributed by atoms with Crippen LogP contribution in [0, 0.1) is 17.3 Å². The zero-order valence-electron chi connectivity index (χ0n) is 20.5. The molecule has 1 saturated heterocycles. The predicted molar refractivity (Wildman–Crippen MR) is 128 cm³/mol. The molecule has 0 bridgehead atoms. The first kappa shape index (κ1) is 24.3. The molecule has 2 fully saturated rings. The van der Waals surface area contributed by atoms with Crippen LogP contribution in [0.2, 0.25) is 0 Å². The lowest BCUT2D eigenvalue weighted by molar-refractivity contribution is -0.254. The van der Waals surface area contributed by atoms with Crippen LogP contribution in [0.5, 0.6) is 0 Å². The number of ether oxygens (including phenoxy) is 2. The number of hydrogen-bond acceptors (Lipinski definition) is 2. The van der Waals surface area contributed by atoms with Crippen molar-refractivity contribution < 1.29 is 9.47 Å². The van der Waals surface area contributed by atoms with Gasteiger partial charge in [-0.05, 0) is 42.9 Å². The summed E-state index contributed by atoms with van der Waals surface area (Å²) in [5.41, 5.74) is 1.98. The Morgan fingerprint density at radius 2 is 1.17 bits per heavy atom. The van der Waals surface area contributed by atoms with Gasteiger partial charge in [0.25, 0.3) is 0 Å². The zero-order valence-corrected chi connectivity index (χ0v) is 20.5. The Bertz CT molecular complexity index is 507. The third-order valence-corrected chi connectivity index (χ3v) is 8.83. The summed E-state index contributed by atoms with van der Waals surface area (Å²) >= 11 is 0. The average Bonchev–Trinajstić information content (AvgIpc) is 2.74. The Hall–Kier alpha value is -0.340. The Morgan fingerprint density at radius 3 is 1.67 bits per heavy atom. The van der Waals surface area contributed by atoms with Gasteiger partial charge in [0.05, 0.1) is 13.2 Å². The standard InChI is InChI=1S/C28H50O2/c1-24-17-18-26-23-28(20-19-27(26,3)25(24)2)29-21-15-13-11-9-7-5-4-6-8-10-12-14-16-22-30-28/h18,24-25H,4-17,19-23H2,1-3H3. The van der Waals surface area contributed by atoms with Crippen molar-refractivity contribution in [2.75, 3.05) is 13.2 Å². The highest BCUT2D eigenvalue weighted by atomic mass is 16.7. The largest absolute Gasteiger partial charge is 0.350 e.